The van der Waals surface area contributed by atoms with Crippen molar-refractivity contribution in [3.05, 3.63) is 0 Å². The fourth-order valence-corrected chi connectivity index (χ4v) is 2.36. The van der Waals surface area contributed by atoms with Gasteiger partial charge in [0.2, 0.25) is 0 Å². The first kappa shape index (κ1) is 13.9. The Morgan fingerprint density at radius 2 is 2.00 bits per heavy atom. The Hall–Kier alpha value is -0.120. The minimum Gasteiger partial charge on any atom is -0.381 e. The van der Waals surface area contributed by atoms with Crippen molar-refractivity contribution in [2.75, 3.05) is 20.2 Å². The van der Waals surface area contributed by atoms with Gasteiger partial charge in [0.05, 0.1) is 6.10 Å². The van der Waals surface area contributed by atoms with Gasteiger partial charge in [0.1, 0.15) is 0 Å². The van der Waals surface area contributed by atoms with Crippen molar-refractivity contribution < 1.29 is 4.74 Å². The van der Waals surface area contributed by atoms with Crippen LogP contribution < -0.4 is 11.1 Å². The first-order valence-corrected chi connectivity index (χ1v) is 6.41. The van der Waals surface area contributed by atoms with Gasteiger partial charge in [-0.05, 0) is 43.7 Å². The van der Waals surface area contributed by atoms with E-state index >= 15 is 0 Å². The molecule has 96 valence electrons. The lowest BCUT2D eigenvalue weighted by Crippen LogP contribution is -2.47. The summed E-state index contributed by atoms with van der Waals surface area (Å²) in [6, 6.07) is 0.652. The van der Waals surface area contributed by atoms with E-state index in [1.54, 1.807) is 7.11 Å². The number of nitrogens with two attached hydrogens (primary N) is 1. The molecule has 1 rings (SSSR count). The summed E-state index contributed by atoms with van der Waals surface area (Å²) in [5.74, 6) is 0.599. The minimum atomic E-state index is 0.375. The topological polar surface area (TPSA) is 47.3 Å². The third-order valence-electron chi connectivity index (χ3n) is 3.36. The number of nitrogens with one attached hydrogen (secondary N) is 1. The van der Waals surface area contributed by atoms with Crippen LogP contribution in [0.5, 0.6) is 0 Å². The summed E-state index contributed by atoms with van der Waals surface area (Å²) in [7, 11) is 1.79. The van der Waals surface area contributed by atoms with Gasteiger partial charge in [0.15, 0.2) is 0 Å². The lowest BCUT2D eigenvalue weighted by Gasteiger charge is -2.36. The van der Waals surface area contributed by atoms with Gasteiger partial charge in [-0.2, -0.15) is 0 Å². The van der Waals surface area contributed by atoms with Crippen molar-refractivity contribution in [1.82, 2.24) is 5.32 Å². The van der Waals surface area contributed by atoms with Gasteiger partial charge in [0, 0.05) is 13.2 Å². The lowest BCUT2D eigenvalue weighted by molar-refractivity contribution is 0.0161. The van der Waals surface area contributed by atoms with E-state index in [2.05, 4.69) is 26.1 Å². The molecule has 0 amide bonds. The van der Waals surface area contributed by atoms with Crippen LogP contribution in [0.15, 0.2) is 0 Å². The zero-order valence-corrected chi connectivity index (χ0v) is 11.3. The standard InChI is InChI=1S/C13H28N2O/c1-13(2,3)7-10(8-14)9-15-11-5-12(6-11)16-4/h10-12,15H,5-9,14H2,1-4H3. The van der Waals surface area contributed by atoms with Crippen LogP contribution in [-0.2, 0) is 4.74 Å². The van der Waals surface area contributed by atoms with Crippen molar-refractivity contribution in [3.8, 4) is 0 Å². The van der Waals surface area contributed by atoms with Crippen LogP contribution >= 0.6 is 0 Å². The number of hydrogen-bond donors (Lipinski definition) is 2. The molecule has 1 aliphatic carbocycles. The summed E-state index contributed by atoms with van der Waals surface area (Å²) in [6.45, 7) is 8.67. The Bertz CT molecular complexity index is 195. The van der Waals surface area contributed by atoms with Crippen LogP contribution in [0.1, 0.15) is 40.0 Å². The smallest absolute Gasteiger partial charge is 0.0601 e. The average molecular weight is 228 g/mol. The van der Waals surface area contributed by atoms with Crippen molar-refractivity contribution in [1.29, 1.82) is 0 Å². The van der Waals surface area contributed by atoms with Crippen molar-refractivity contribution in [2.45, 2.75) is 52.2 Å². The number of rotatable bonds is 6. The molecule has 16 heavy (non-hydrogen) atoms. The quantitative estimate of drug-likeness (QED) is 0.728. The molecule has 3 N–H and O–H groups in total. The lowest BCUT2D eigenvalue weighted by atomic mass is 9.83. The molecule has 0 spiro atoms. The maximum Gasteiger partial charge on any atom is 0.0601 e. The maximum absolute atomic E-state index is 5.81. The van der Waals surface area contributed by atoms with Crippen LogP contribution in [0.2, 0.25) is 0 Å². The summed E-state index contributed by atoms with van der Waals surface area (Å²) < 4.78 is 5.27. The highest BCUT2D eigenvalue weighted by molar-refractivity contribution is 4.86. The molecule has 0 saturated heterocycles. The molecular formula is C13H28N2O. The van der Waals surface area contributed by atoms with Crippen molar-refractivity contribution >= 4 is 0 Å². The van der Waals surface area contributed by atoms with E-state index in [0.717, 1.165) is 25.9 Å². The highest BCUT2D eigenvalue weighted by atomic mass is 16.5. The highest BCUT2D eigenvalue weighted by Crippen LogP contribution is 2.25. The second-order valence-corrected chi connectivity index (χ2v) is 6.30. The Kier molecular flexibility index (Phi) is 5.22. The maximum atomic E-state index is 5.81. The van der Waals surface area contributed by atoms with Gasteiger partial charge in [-0.3, -0.25) is 0 Å². The van der Waals surface area contributed by atoms with Crippen molar-refractivity contribution in [2.24, 2.45) is 17.1 Å². The van der Waals surface area contributed by atoms with Gasteiger partial charge in [0.25, 0.3) is 0 Å². The molecule has 0 radical (unpaired) electrons. The normalized spacial score (nSPS) is 27.6. The minimum absolute atomic E-state index is 0.375. The van der Waals surface area contributed by atoms with E-state index in [1.807, 2.05) is 0 Å². The molecule has 0 aromatic carbocycles. The van der Waals surface area contributed by atoms with Crippen LogP contribution in [0.25, 0.3) is 0 Å². The first-order valence-electron chi connectivity index (χ1n) is 6.41. The van der Waals surface area contributed by atoms with Crippen LogP contribution in [-0.4, -0.2) is 32.3 Å². The molecule has 1 fully saturated rings. The van der Waals surface area contributed by atoms with Crippen molar-refractivity contribution in [3.63, 3.8) is 0 Å². The predicted octanol–water partition coefficient (Wildman–Crippen LogP) is 1.76. The van der Waals surface area contributed by atoms with Crippen LogP contribution in [0.4, 0.5) is 0 Å². The van der Waals surface area contributed by atoms with Gasteiger partial charge in [-0.15, -0.1) is 0 Å². The molecule has 1 aliphatic rings. The summed E-state index contributed by atoms with van der Waals surface area (Å²) in [5, 5.41) is 3.60. The Labute approximate surface area is 100 Å². The molecule has 1 saturated carbocycles. The molecule has 1 atom stereocenters. The fourth-order valence-electron chi connectivity index (χ4n) is 2.36. The Balaban J connectivity index is 2.15. The van der Waals surface area contributed by atoms with Gasteiger partial charge >= 0.3 is 0 Å². The van der Waals surface area contributed by atoms with E-state index in [1.165, 1.54) is 6.42 Å². The third kappa shape index (κ3) is 4.81. The Morgan fingerprint density at radius 1 is 1.38 bits per heavy atom. The first-order chi connectivity index (χ1) is 7.44. The molecule has 0 aliphatic heterocycles. The molecule has 3 heteroatoms. The molecular weight excluding hydrogens is 200 g/mol. The van der Waals surface area contributed by atoms with E-state index < -0.39 is 0 Å². The van der Waals surface area contributed by atoms with Crippen LogP contribution in [0.3, 0.4) is 0 Å². The molecule has 0 bridgehead atoms. The third-order valence-corrected chi connectivity index (χ3v) is 3.36. The molecule has 0 aromatic rings. The van der Waals surface area contributed by atoms with E-state index in [4.69, 9.17) is 10.5 Å². The van der Waals surface area contributed by atoms with Crippen LogP contribution in [0, 0.1) is 11.3 Å². The van der Waals surface area contributed by atoms with Gasteiger partial charge in [-0.1, -0.05) is 20.8 Å². The Morgan fingerprint density at radius 3 is 2.44 bits per heavy atom. The van der Waals surface area contributed by atoms with E-state index in [9.17, 15) is 0 Å². The summed E-state index contributed by atoms with van der Waals surface area (Å²) in [4.78, 5) is 0. The average Bonchev–Trinajstić information content (AvgIpc) is 2.12. The number of hydrogen-bond acceptors (Lipinski definition) is 3. The highest BCUT2D eigenvalue weighted by Gasteiger charge is 2.29. The molecule has 1 unspecified atom stereocenters. The SMILES string of the molecule is COC1CC(NCC(CN)CC(C)(C)C)C1. The van der Waals surface area contributed by atoms with Gasteiger partial charge < -0.3 is 15.8 Å². The summed E-state index contributed by atoms with van der Waals surface area (Å²) in [6.07, 6.45) is 3.99. The number of ether oxygens (including phenoxy) is 1. The second-order valence-electron chi connectivity index (χ2n) is 6.30. The molecule has 0 heterocycles. The summed E-state index contributed by atoms with van der Waals surface area (Å²) in [5.41, 5.74) is 6.19. The zero-order chi connectivity index (χ0) is 12.2. The largest absolute Gasteiger partial charge is 0.381 e. The molecule has 0 aromatic heterocycles. The van der Waals surface area contributed by atoms with Gasteiger partial charge in [-0.25, -0.2) is 0 Å². The zero-order valence-electron chi connectivity index (χ0n) is 11.3. The number of methoxy groups -OCH3 is 1. The monoisotopic (exact) mass is 228 g/mol. The second kappa shape index (κ2) is 5.99. The molecule has 3 nitrogen and oxygen atoms in total. The van der Waals surface area contributed by atoms with E-state index in [-0.39, 0.29) is 0 Å². The fraction of sp³-hybridized carbons (Fsp3) is 1.00. The van der Waals surface area contributed by atoms with E-state index in [0.29, 0.717) is 23.5 Å². The predicted molar refractivity (Wildman–Crippen MR) is 68.4 cm³/mol. The summed E-state index contributed by atoms with van der Waals surface area (Å²) >= 11 is 0.